The summed E-state index contributed by atoms with van der Waals surface area (Å²) in [5.74, 6) is -0.582. The third kappa shape index (κ3) is 96.9. The van der Waals surface area contributed by atoms with Crippen LogP contribution in [0.4, 0.5) is 0 Å². The van der Waals surface area contributed by atoms with E-state index in [9.17, 15) is 9.59 Å². The molecule has 3 N–H and O–H groups in total. The van der Waals surface area contributed by atoms with Gasteiger partial charge in [-0.2, -0.15) is 0 Å². The molecule has 0 aliphatic rings. The van der Waals surface area contributed by atoms with Gasteiger partial charge in [-0.15, -0.1) is 0 Å². The van der Waals surface area contributed by atoms with Crippen LogP contribution in [-0.4, -0.2) is 58.0 Å². The molecule has 0 unspecified atom stereocenters. The van der Waals surface area contributed by atoms with Crippen molar-refractivity contribution in [2.75, 3.05) is 39.8 Å². The van der Waals surface area contributed by atoms with Gasteiger partial charge in [-0.1, -0.05) is 129 Å². The minimum absolute atomic E-state index is 0. The molecule has 0 saturated heterocycles. The van der Waals surface area contributed by atoms with Gasteiger partial charge in [0.15, 0.2) is 0 Å². The summed E-state index contributed by atoms with van der Waals surface area (Å²) in [5, 5.41) is 2.93. The smallest absolute Gasteiger partial charge is 0 e. The summed E-state index contributed by atoms with van der Waals surface area (Å²) in [6, 6.07) is 17.8. The van der Waals surface area contributed by atoms with E-state index in [1.54, 1.807) is 48.5 Å². The van der Waals surface area contributed by atoms with Crippen LogP contribution in [0.1, 0.15) is 97.4 Å². The molecule has 14 heteroatoms. The van der Waals surface area contributed by atoms with Gasteiger partial charge < -0.3 is 25.3 Å². The van der Waals surface area contributed by atoms with Crippen LogP contribution in [0.3, 0.4) is 0 Å². The summed E-state index contributed by atoms with van der Waals surface area (Å²) < 4.78 is 8.99. The normalized spacial score (nSPS) is 6.37. The minimum atomic E-state index is -0.291. The number of halogens is 4. The summed E-state index contributed by atoms with van der Waals surface area (Å²) in [6.45, 7) is 20.6. The van der Waals surface area contributed by atoms with Crippen LogP contribution < -0.4 is 11.1 Å². The fourth-order valence-corrected chi connectivity index (χ4v) is 1.38. The number of esters is 2. The first kappa shape index (κ1) is 81.7. The fraction of sp³-hybridized carbons (Fsp3) is 0.531. The number of hydrogen-bond acceptors (Lipinski definition) is 7. The zero-order chi connectivity index (χ0) is 36.5. The van der Waals surface area contributed by atoms with E-state index in [-0.39, 0.29) is 66.4 Å². The Kier molecular flexibility index (Phi) is 172. The zero-order valence-electron chi connectivity index (χ0n) is 30.0. The number of methoxy groups -OCH3 is 2. The number of nitrogens with two attached hydrogens (primary N) is 1. The third-order valence-corrected chi connectivity index (χ3v) is 2.74. The summed E-state index contributed by atoms with van der Waals surface area (Å²) >= 11 is 9.54. The molecule has 0 aromatic heterocycles. The molecule has 0 amide bonds. The van der Waals surface area contributed by atoms with E-state index in [1.807, 2.05) is 79.5 Å². The predicted molar refractivity (Wildman–Crippen MR) is 231 cm³/mol. The third-order valence-electron chi connectivity index (χ3n) is 2.74. The Labute approximate surface area is 365 Å². The van der Waals surface area contributed by atoms with E-state index < -0.39 is 0 Å². The van der Waals surface area contributed by atoms with Gasteiger partial charge in [-0.3, -0.25) is 0 Å². The first-order valence-electron chi connectivity index (χ1n) is 13.8. The second-order valence-corrected chi connectivity index (χ2v) is 40.2. The number of ether oxygens (including phenoxy) is 2. The zero-order valence-corrected chi connectivity index (χ0v) is 45.8. The van der Waals surface area contributed by atoms with Crippen LogP contribution in [-0.2, 0) is 61.3 Å². The van der Waals surface area contributed by atoms with E-state index in [0.29, 0.717) is 11.1 Å². The first-order valence-corrected chi connectivity index (χ1v) is 29.5. The number of nitrogens with one attached hydrogen (secondary N) is 1. The molecule has 0 radical (unpaired) electrons. The van der Waals surface area contributed by atoms with Crippen molar-refractivity contribution in [1.29, 1.82) is 0 Å². The molecular formula is C32H65I4N2O5VW2. The standard InChI is InChI=1S/2C8H8O2.C3H9N.C2H4O.4C2H6.CH3I.CH5N.CH4.3HI.V.2W/c2*1-10-8(9)7-5-3-2-4-6-7;1-3-4-2;1-2-3;6*1-2;;;;;;;/h2*2-6H,1H3;4H,3H2,1-2H3;2H,1H3;4*1-2H3;1H3;2H2,1H3;1H4;3*1H;;;/q;;;;;;;;;;;;;;+3;;/p-3. The Morgan fingerprint density at radius 1 is 0.717 bits per heavy atom. The summed E-state index contributed by atoms with van der Waals surface area (Å²) in [4.78, 5) is 32.1. The van der Waals surface area contributed by atoms with Crippen LogP contribution in [0.25, 0.3) is 0 Å². The largest absolute Gasteiger partial charge is 0 e. The molecule has 0 aliphatic heterocycles. The molecule has 0 spiro atoms. The average Bonchev–Trinajstić information content (AvgIpc) is 3.10. The molecule has 2 aromatic carbocycles. The maximum atomic E-state index is 10.8. The summed E-state index contributed by atoms with van der Waals surface area (Å²) in [6.07, 6.45) is 0.750. The van der Waals surface area contributed by atoms with Crippen molar-refractivity contribution in [3.05, 3.63) is 71.8 Å². The maximum Gasteiger partial charge on any atom is 0 e. The quantitative estimate of drug-likeness (QED) is 0.136. The van der Waals surface area contributed by atoms with Crippen molar-refractivity contribution in [2.45, 2.75) is 76.7 Å². The molecule has 0 saturated carbocycles. The van der Waals surface area contributed by atoms with Crippen LogP contribution in [0.2, 0.25) is 0 Å². The minimum Gasteiger partial charge on any atom is 0 e. The average molecular weight is 1480 g/mol. The maximum absolute atomic E-state index is 10.8. The molecule has 46 heavy (non-hydrogen) atoms. The Morgan fingerprint density at radius 3 is 0.978 bits per heavy atom. The number of carbonyl (C=O) groups is 3. The van der Waals surface area contributed by atoms with Gasteiger partial charge in [0.05, 0.1) is 25.3 Å². The first-order chi connectivity index (χ1) is 20.7. The molecule has 278 valence electrons. The van der Waals surface area contributed by atoms with Gasteiger partial charge in [0.25, 0.3) is 0 Å². The molecule has 0 aliphatic carbocycles. The van der Waals surface area contributed by atoms with Crippen molar-refractivity contribution >= 4 is 101 Å². The van der Waals surface area contributed by atoms with Crippen molar-refractivity contribution < 1.29 is 70.9 Å². The number of hydrogen-bond donors (Lipinski definition) is 2. The van der Waals surface area contributed by atoms with E-state index in [1.165, 1.54) is 28.2 Å². The topological polar surface area (TPSA) is 108 Å². The van der Waals surface area contributed by atoms with Gasteiger partial charge in [0.1, 0.15) is 6.29 Å². The van der Waals surface area contributed by atoms with Crippen molar-refractivity contribution in [3.63, 3.8) is 0 Å². The van der Waals surface area contributed by atoms with Crippen LogP contribution in [0.15, 0.2) is 60.7 Å². The molecule has 0 fully saturated rings. The molecule has 0 atom stereocenters. The Morgan fingerprint density at radius 2 is 0.870 bits per heavy atom. The number of carbonyl (C=O) groups excluding carboxylic acids is 3. The number of alkyl halides is 1. The van der Waals surface area contributed by atoms with Crippen molar-refractivity contribution in [2.24, 2.45) is 5.73 Å². The molecule has 0 heterocycles. The van der Waals surface area contributed by atoms with E-state index >= 15 is 0 Å². The molecule has 0 bridgehead atoms. The molecule has 7 nitrogen and oxygen atoms in total. The van der Waals surface area contributed by atoms with Crippen molar-refractivity contribution in [1.82, 2.24) is 5.32 Å². The van der Waals surface area contributed by atoms with E-state index in [4.69, 9.17) is 4.79 Å². The van der Waals surface area contributed by atoms with Gasteiger partial charge >= 0.3 is 76.8 Å². The van der Waals surface area contributed by atoms with Gasteiger partial charge in [0, 0.05) is 42.1 Å². The van der Waals surface area contributed by atoms with Crippen LogP contribution in [0, 0.1) is 0 Å². The van der Waals surface area contributed by atoms with E-state index in [0.717, 1.165) is 12.8 Å². The predicted octanol–water partition coefficient (Wildman–Crippen LogP) is 11.4. The Bertz CT molecular complexity index is 646. The Hall–Kier alpha value is 1.85. The van der Waals surface area contributed by atoms with E-state index in [2.05, 4.69) is 110 Å². The molecule has 2 aromatic rings. The second-order valence-electron chi connectivity index (χ2n) is 4.85. The number of benzene rings is 2. The fourth-order valence-electron chi connectivity index (χ4n) is 1.38. The summed E-state index contributed by atoms with van der Waals surface area (Å²) in [7, 11) is 6.17. The SMILES string of the molecule is C.CC.CC.CC.CC.CC=O.CCNC.CI.CN.COC(=O)c1ccccc1.COC(=O)c1ccccc1.[I][V]([I])[I].[W].[W]. The van der Waals surface area contributed by atoms with Crippen molar-refractivity contribution in [3.8, 4) is 0 Å². The molecular weight excluding hydrogens is 1420 g/mol. The van der Waals surface area contributed by atoms with Gasteiger partial charge in [0.2, 0.25) is 0 Å². The Balaban J connectivity index is -0.0000000300. The second kappa shape index (κ2) is 97.1. The van der Waals surface area contributed by atoms with Crippen LogP contribution in [0.5, 0.6) is 0 Å². The number of aldehydes is 1. The van der Waals surface area contributed by atoms with Crippen LogP contribution >= 0.6 is 82.5 Å². The van der Waals surface area contributed by atoms with Gasteiger partial charge in [-0.25, -0.2) is 9.59 Å². The monoisotopic (exact) mass is 1480 g/mol. The summed E-state index contributed by atoms with van der Waals surface area (Å²) in [5.41, 5.74) is 5.68. The van der Waals surface area contributed by atoms with Gasteiger partial charge in [-0.05, 0) is 56.8 Å². The molecule has 2 rings (SSSR count). The number of rotatable bonds is 3.